The lowest BCUT2D eigenvalue weighted by Gasteiger charge is -2.43. The summed E-state index contributed by atoms with van der Waals surface area (Å²) in [6, 6.07) is 15.9. The van der Waals surface area contributed by atoms with E-state index in [9.17, 15) is 55.2 Å². The van der Waals surface area contributed by atoms with Crippen molar-refractivity contribution in [3.8, 4) is 23.0 Å². The Morgan fingerprint density at radius 1 is 0.672 bits per heavy atom. The van der Waals surface area contributed by atoms with Crippen LogP contribution in [0.5, 0.6) is 23.0 Å². The molecule has 2 heterocycles. The largest absolute Gasteiger partial charge is 0.508 e. The molecular formula is C40H42O18. The molecule has 3 aromatic rings. The van der Waals surface area contributed by atoms with Crippen LogP contribution in [0, 0.1) is 0 Å². The molecule has 0 aliphatic carbocycles. The van der Waals surface area contributed by atoms with Crippen LogP contribution in [0.25, 0.3) is 18.2 Å². The van der Waals surface area contributed by atoms with Crippen LogP contribution in [0.2, 0.25) is 0 Å². The smallest absolute Gasteiger partial charge is 0.331 e. The zero-order valence-electron chi connectivity index (χ0n) is 30.7. The number of hydrogen-bond acceptors (Lipinski definition) is 18. The average molecular weight is 811 g/mol. The number of methoxy groups -OCH3 is 1. The van der Waals surface area contributed by atoms with Crippen molar-refractivity contribution in [2.45, 2.75) is 54.8 Å². The molecule has 0 saturated carbocycles. The lowest BCUT2D eigenvalue weighted by atomic mass is 9.98. The fourth-order valence-corrected chi connectivity index (χ4v) is 5.80. The van der Waals surface area contributed by atoms with Gasteiger partial charge in [0, 0.05) is 18.2 Å². The quantitative estimate of drug-likeness (QED) is 0.0590. The van der Waals surface area contributed by atoms with Gasteiger partial charge in [-0.3, -0.25) is 0 Å². The molecule has 0 radical (unpaired) electrons. The maximum Gasteiger partial charge on any atom is 0.331 e. The summed E-state index contributed by atoms with van der Waals surface area (Å²) in [4.78, 5) is 38.1. The van der Waals surface area contributed by atoms with Crippen LogP contribution < -0.4 is 4.74 Å². The van der Waals surface area contributed by atoms with Crippen LogP contribution in [0.1, 0.15) is 16.7 Å². The molecule has 2 saturated heterocycles. The first kappa shape index (κ1) is 43.3. The Morgan fingerprint density at radius 2 is 1.19 bits per heavy atom. The highest BCUT2D eigenvalue weighted by Gasteiger charge is 2.61. The van der Waals surface area contributed by atoms with E-state index in [1.165, 1.54) is 92.1 Å². The molecule has 2 fully saturated rings. The topological polar surface area (TPSA) is 278 Å². The van der Waals surface area contributed by atoms with Crippen LogP contribution in [-0.2, 0) is 42.8 Å². The van der Waals surface area contributed by atoms with Crippen LogP contribution >= 0.6 is 0 Å². The third-order valence-corrected chi connectivity index (χ3v) is 8.93. The van der Waals surface area contributed by atoms with Gasteiger partial charge in [0.2, 0.25) is 5.79 Å². The van der Waals surface area contributed by atoms with E-state index in [1.54, 1.807) is 0 Å². The molecule has 0 bridgehead atoms. The van der Waals surface area contributed by atoms with Crippen molar-refractivity contribution in [3.05, 3.63) is 102 Å². The maximum absolute atomic E-state index is 13.0. The zero-order valence-corrected chi connectivity index (χ0v) is 30.7. The second kappa shape index (κ2) is 19.5. The Balaban J connectivity index is 1.31. The highest BCUT2D eigenvalue weighted by molar-refractivity contribution is 5.88. The van der Waals surface area contributed by atoms with Crippen LogP contribution in [0.3, 0.4) is 0 Å². The number of esters is 3. The van der Waals surface area contributed by atoms with Gasteiger partial charge in [-0.05, 0) is 71.3 Å². The number of ether oxygens (including phenoxy) is 7. The molecule has 5 rings (SSSR count). The molecule has 0 amide bonds. The van der Waals surface area contributed by atoms with E-state index >= 15 is 0 Å². The number of carbonyl (C=O) groups excluding carboxylic acids is 3. The molecule has 18 heteroatoms. The summed E-state index contributed by atoms with van der Waals surface area (Å²) >= 11 is 0. The van der Waals surface area contributed by atoms with Gasteiger partial charge in [0.15, 0.2) is 23.9 Å². The first-order valence-electron chi connectivity index (χ1n) is 17.6. The SMILES string of the molecule is COc1cc(C=CC(=O)OCC2OC(OC3(CO)OC(COC(=O)C=Cc4ccc(O)cc4)C(O)C3OC(=O)C=Cc3ccc(O)cc3)C(O)C(O)C2O)ccc1O. The molecule has 18 nitrogen and oxygen atoms in total. The van der Waals surface area contributed by atoms with Gasteiger partial charge in [0.05, 0.1) is 7.11 Å². The van der Waals surface area contributed by atoms with Gasteiger partial charge in [-0.1, -0.05) is 30.3 Å². The molecule has 9 unspecified atom stereocenters. The molecule has 0 aromatic heterocycles. The van der Waals surface area contributed by atoms with Crippen molar-refractivity contribution < 1.29 is 88.4 Å². The van der Waals surface area contributed by atoms with Crippen molar-refractivity contribution in [3.63, 3.8) is 0 Å². The number of benzene rings is 3. The summed E-state index contributed by atoms with van der Waals surface area (Å²) < 4.78 is 38.3. The molecule has 310 valence electrons. The van der Waals surface area contributed by atoms with Crippen molar-refractivity contribution in [2.75, 3.05) is 26.9 Å². The third-order valence-electron chi connectivity index (χ3n) is 8.93. The summed E-state index contributed by atoms with van der Waals surface area (Å²) in [5, 5.41) is 83.1. The second-order valence-electron chi connectivity index (χ2n) is 13.0. The molecule has 2 aliphatic heterocycles. The number of hydrogen-bond donors (Lipinski definition) is 8. The Bertz CT molecular complexity index is 1960. The molecule has 3 aromatic carbocycles. The van der Waals surface area contributed by atoms with Gasteiger partial charge in [-0.15, -0.1) is 0 Å². The summed E-state index contributed by atoms with van der Waals surface area (Å²) in [6.45, 7) is -2.56. The Labute approximate surface area is 330 Å². The molecule has 0 spiro atoms. The van der Waals surface area contributed by atoms with Gasteiger partial charge < -0.3 is 74.0 Å². The Morgan fingerprint density at radius 3 is 1.74 bits per heavy atom. The predicted molar refractivity (Wildman–Crippen MR) is 198 cm³/mol. The monoisotopic (exact) mass is 810 g/mol. The average Bonchev–Trinajstić information content (AvgIpc) is 3.47. The molecular weight excluding hydrogens is 768 g/mol. The number of aliphatic hydroxyl groups excluding tert-OH is 5. The third kappa shape index (κ3) is 11.0. The van der Waals surface area contributed by atoms with E-state index < -0.39 is 92.5 Å². The van der Waals surface area contributed by atoms with Gasteiger partial charge in [0.25, 0.3) is 0 Å². The molecule has 58 heavy (non-hydrogen) atoms. The van der Waals surface area contributed by atoms with Crippen molar-refractivity contribution in [1.82, 2.24) is 0 Å². The summed E-state index contributed by atoms with van der Waals surface area (Å²) in [6.07, 6.45) is -7.64. The van der Waals surface area contributed by atoms with Crippen LogP contribution in [0.15, 0.2) is 85.0 Å². The number of phenolic OH excluding ortho intramolecular Hbond substituents is 3. The van der Waals surface area contributed by atoms with Crippen molar-refractivity contribution >= 4 is 36.1 Å². The minimum Gasteiger partial charge on any atom is -0.508 e. The summed E-state index contributed by atoms with van der Waals surface area (Å²) in [7, 11) is 1.35. The van der Waals surface area contributed by atoms with Gasteiger partial charge >= 0.3 is 17.9 Å². The minimum absolute atomic E-state index is 0.0149. The lowest BCUT2D eigenvalue weighted by Crippen LogP contribution is -2.63. The summed E-state index contributed by atoms with van der Waals surface area (Å²) in [5.74, 6) is -5.43. The normalized spacial score (nSPS) is 27.2. The minimum atomic E-state index is -2.57. The Hall–Kier alpha value is -5.83. The van der Waals surface area contributed by atoms with Crippen molar-refractivity contribution in [1.29, 1.82) is 0 Å². The highest BCUT2D eigenvalue weighted by Crippen LogP contribution is 2.38. The van der Waals surface area contributed by atoms with E-state index in [4.69, 9.17) is 33.2 Å². The van der Waals surface area contributed by atoms with E-state index in [0.717, 1.165) is 18.2 Å². The van der Waals surface area contributed by atoms with Gasteiger partial charge in [-0.25, -0.2) is 14.4 Å². The van der Waals surface area contributed by atoms with Gasteiger partial charge in [-0.2, -0.15) is 0 Å². The summed E-state index contributed by atoms with van der Waals surface area (Å²) in [5.41, 5.74) is 1.48. The number of carbonyl (C=O) groups is 3. The molecule has 9 atom stereocenters. The van der Waals surface area contributed by atoms with Crippen molar-refractivity contribution in [2.24, 2.45) is 0 Å². The standard InChI is InChI=1S/C40H42O18/c1-52-28-18-24(6-14-27(28)44)9-16-32(46)53-19-29-34(48)36(50)37(51)39(55-29)58-40(21-41)38(56-33(47)17-8-23-4-12-26(43)13-5-23)35(49)30(57-40)20-54-31(45)15-7-22-2-10-25(42)11-3-22/h2-18,29-30,34-39,41-44,48-51H,19-21H2,1H3. The van der Waals surface area contributed by atoms with Crippen LogP contribution in [0.4, 0.5) is 0 Å². The number of rotatable bonds is 15. The number of aromatic hydroxyl groups is 3. The lowest BCUT2D eigenvalue weighted by molar-refractivity contribution is -0.383. The predicted octanol–water partition coefficient (Wildman–Crippen LogP) is 0.523. The fraction of sp³-hybridized carbons (Fsp3) is 0.325. The van der Waals surface area contributed by atoms with E-state index in [-0.39, 0.29) is 23.0 Å². The second-order valence-corrected chi connectivity index (χ2v) is 13.0. The fourth-order valence-electron chi connectivity index (χ4n) is 5.80. The van der Waals surface area contributed by atoms with E-state index in [0.29, 0.717) is 16.7 Å². The maximum atomic E-state index is 13.0. The van der Waals surface area contributed by atoms with Gasteiger partial charge in [0.1, 0.15) is 67.9 Å². The van der Waals surface area contributed by atoms with E-state index in [1.807, 2.05) is 0 Å². The number of phenols is 3. The number of aliphatic hydroxyl groups is 5. The van der Waals surface area contributed by atoms with E-state index in [2.05, 4.69) is 0 Å². The molecule has 8 N–H and O–H groups in total. The zero-order chi connectivity index (χ0) is 42.0. The Kier molecular flexibility index (Phi) is 14.6. The first-order chi connectivity index (χ1) is 27.7. The van der Waals surface area contributed by atoms with Crippen LogP contribution in [-0.4, -0.2) is 140 Å². The molecule has 2 aliphatic rings. The first-order valence-corrected chi connectivity index (χ1v) is 17.6. The highest BCUT2D eigenvalue weighted by atomic mass is 16.8.